The van der Waals surface area contributed by atoms with Crippen LogP contribution in [0.5, 0.6) is 5.75 Å². The molecule has 3 amide bonds. The first kappa shape index (κ1) is 22.6. The quantitative estimate of drug-likeness (QED) is 0.462. The van der Waals surface area contributed by atoms with Crippen molar-refractivity contribution in [1.82, 2.24) is 20.9 Å². The van der Waals surface area contributed by atoms with Crippen LogP contribution < -0.4 is 20.7 Å². The fraction of sp³-hybridized carbons (Fsp3) is 0.500. The summed E-state index contributed by atoms with van der Waals surface area (Å²) < 4.78 is 5.35. The highest BCUT2D eigenvalue weighted by Crippen LogP contribution is 2.34. The zero-order valence-corrected chi connectivity index (χ0v) is 18.6. The van der Waals surface area contributed by atoms with E-state index in [1.54, 1.807) is 13.2 Å². The van der Waals surface area contributed by atoms with Gasteiger partial charge >= 0.3 is 0 Å². The number of H-pyrrole nitrogens is 1. The van der Waals surface area contributed by atoms with Gasteiger partial charge in [0.05, 0.1) is 13.2 Å². The number of nitriles is 1. The van der Waals surface area contributed by atoms with Crippen LogP contribution in [0.15, 0.2) is 24.3 Å². The second kappa shape index (κ2) is 9.94. The number of methoxy groups -OCH3 is 1. The predicted octanol–water partition coefficient (Wildman–Crippen LogP) is 2.00. The van der Waals surface area contributed by atoms with Crippen molar-refractivity contribution in [1.29, 1.82) is 5.26 Å². The summed E-state index contributed by atoms with van der Waals surface area (Å²) >= 11 is 0. The summed E-state index contributed by atoms with van der Waals surface area (Å²) in [6.07, 6.45) is 4.38. The number of ether oxygens (including phenoxy) is 1. The number of aromatic amines is 1. The number of aromatic nitrogens is 1. The lowest BCUT2D eigenvalue weighted by atomic mass is 9.92. The summed E-state index contributed by atoms with van der Waals surface area (Å²) in [4.78, 5) is 41.1. The number of nitrogens with zero attached hydrogens (tertiary/aromatic N) is 1. The van der Waals surface area contributed by atoms with Crippen molar-refractivity contribution in [2.75, 3.05) is 13.7 Å². The van der Waals surface area contributed by atoms with E-state index in [2.05, 4.69) is 27.0 Å². The van der Waals surface area contributed by atoms with Gasteiger partial charge in [0.1, 0.15) is 23.5 Å². The molecule has 2 heterocycles. The number of hydrogen-bond donors (Lipinski definition) is 4. The average molecular weight is 452 g/mol. The highest BCUT2D eigenvalue weighted by molar-refractivity contribution is 6.01. The Morgan fingerprint density at radius 3 is 2.76 bits per heavy atom. The lowest BCUT2D eigenvalue weighted by Gasteiger charge is -2.25. The molecule has 1 aromatic heterocycles. The summed E-state index contributed by atoms with van der Waals surface area (Å²) in [5.41, 5.74) is 1.09. The number of rotatable bonds is 9. The maximum Gasteiger partial charge on any atom is 0.268 e. The lowest BCUT2D eigenvalue weighted by molar-refractivity contribution is -0.128. The number of benzene rings is 1. The van der Waals surface area contributed by atoms with Gasteiger partial charge in [-0.3, -0.25) is 14.4 Å². The van der Waals surface area contributed by atoms with Crippen LogP contribution in [0, 0.1) is 23.2 Å². The molecule has 33 heavy (non-hydrogen) atoms. The molecule has 1 aliphatic heterocycles. The van der Waals surface area contributed by atoms with Crippen molar-refractivity contribution in [3.05, 3.63) is 30.0 Å². The molecule has 2 fully saturated rings. The molecule has 1 saturated carbocycles. The Morgan fingerprint density at radius 1 is 1.24 bits per heavy atom. The molecule has 1 aliphatic carbocycles. The minimum atomic E-state index is -0.790. The third kappa shape index (κ3) is 5.45. The third-order valence-corrected chi connectivity index (χ3v) is 6.37. The molecule has 3 unspecified atom stereocenters. The summed E-state index contributed by atoms with van der Waals surface area (Å²) in [6, 6.07) is 7.75. The van der Waals surface area contributed by atoms with Gasteiger partial charge in [0.15, 0.2) is 0 Å². The smallest absolute Gasteiger partial charge is 0.268 e. The highest BCUT2D eigenvalue weighted by atomic mass is 16.5. The van der Waals surface area contributed by atoms with Crippen molar-refractivity contribution < 1.29 is 19.1 Å². The number of nitrogens with one attached hydrogen (secondary N) is 4. The van der Waals surface area contributed by atoms with E-state index in [9.17, 15) is 19.6 Å². The van der Waals surface area contributed by atoms with E-state index < -0.39 is 23.9 Å². The number of carbonyl (C=O) groups is 3. The summed E-state index contributed by atoms with van der Waals surface area (Å²) in [5, 5.41) is 18.7. The normalized spacial score (nSPS) is 19.8. The summed E-state index contributed by atoms with van der Waals surface area (Å²) in [5.74, 6) is -0.123. The Hall–Kier alpha value is -3.54. The molecule has 0 bridgehead atoms. The van der Waals surface area contributed by atoms with Gasteiger partial charge in [0, 0.05) is 23.4 Å². The number of hydrogen-bond acceptors (Lipinski definition) is 5. The standard InChI is InChI=1S/C24H29N5O4/c1-33-21-6-2-5-18-17(21)12-20(28-18)24(32)29-19(10-14-7-8-14)23(31)27-16(13-25)11-15-4-3-9-26-22(15)30/h2,5-6,12,14-16,19,28H,3-4,7-11H2,1H3,(H,26,30)(H,27,31)(H,29,32). The molecule has 2 aromatic rings. The van der Waals surface area contributed by atoms with Crippen LogP contribution in [-0.4, -0.2) is 48.4 Å². The van der Waals surface area contributed by atoms with Gasteiger partial charge in [0.25, 0.3) is 5.91 Å². The molecular weight excluding hydrogens is 422 g/mol. The molecule has 1 aromatic carbocycles. The number of fused-ring (bicyclic) bond motifs is 1. The number of piperidine rings is 1. The van der Waals surface area contributed by atoms with Gasteiger partial charge in [-0.1, -0.05) is 18.9 Å². The van der Waals surface area contributed by atoms with Gasteiger partial charge in [-0.15, -0.1) is 0 Å². The van der Waals surface area contributed by atoms with E-state index in [1.165, 1.54) is 0 Å². The maximum absolute atomic E-state index is 13.0. The van der Waals surface area contributed by atoms with Crippen LogP contribution in [0.1, 0.15) is 49.0 Å². The molecule has 9 heteroatoms. The second-order valence-corrected chi connectivity index (χ2v) is 8.87. The minimum absolute atomic E-state index is 0.0761. The fourth-order valence-corrected chi connectivity index (χ4v) is 4.34. The van der Waals surface area contributed by atoms with E-state index in [0.29, 0.717) is 36.7 Å². The van der Waals surface area contributed by atoms with Gasteiger partial charge < -0.3 is 25.7 Å². The van der Waals surface area contributed by atoms with E-state index in [0.717, 1.165) is 30.2 Å². The Balaban J connectivity index is 1.43. The van der Waals surface area contributed by atoms with Crippen molar-refractivity contribution in [3.63, 3.8) is 0 Å². The van der Waals surface area contributed by atoms with Crippen molar-refractivity contribution >= 4 is 28.6 Å². The van der Waals surface area contributed by atoms with Crippen LogP contribution in [-0.2, 0) is 9.59 Å². The van der Waals surface area contributed by atoms with Crippen LogP contribution >= 0.6 is 0 Å². The van der Waals surface area contributed by atoms with Crippen molar-refractivity contribution in [2.24, 2.45) is 11.8 Å². The Bertz CT molecular complexity index is 1080. The average Bonchev–Trinajstić information content (AvgIpc) is 3.53. The first-order valence-corrected chi connectivity index (χ1v) is 11.4. The first-order valence-electron chi connectivity index (χ1n) is 11.4. The van der Waals surface area contributed by atoms with E-state index in [-0.39, 0.29) is 18.2 Å². The van der Waals surface area contributed by atoms with Crippen molar-refractivity contribution in [2.45, 2.75) is 50.6 Å². The molecule has 9 nitrogen and oxygen atoms in total. The van der Waals surface area contributed by atoms with Crippen molar-refractivity contribution in [3.8, 4) is 11.8 Å². The van der Waals surface area contributed by atoms with Gasteiger partial charge in [-0.25, -0.2) is 0 Å². The minimum Gasteiger partial charge on any atom is -0.496 e. The molecule has 1 saturated heterocycles. The molecule has 174 valence electrons. The second-order valence-electron chi connectivity index (χ2n) is 8.87. The Morgan fingerprint density at radius 2 is 2.06 bits per heavy atom. The molecule has 4 N–H and O–H groups in total. The first-order chi connectivity index (χ1) is 16.0. The Labute approximate surface area is 192 Å². The molecule has 2 aliphatic rings. The maximum atomic E-state index is 13.0. The molecule has 0 spiro atoms. The largest absolute Gasteiger partial charge is 0.496 e. The van der Waals surface area contributed by atoms with E-state index >= 15 is 0 Å². The van der Waals surface area contributed by atoms with Crippen LogP contribution in [0.3, 0.4) is 0 Å². The van der Waals surface area contributed by atoms with Crippen LogP contribution in [0.4, 0.5) is 0 Å². The topological polar surface area (TPSA) is 136 Å². The van der Waals surface area contributed by atoms with Crippen LogP contribution in [0.2, 0.25) is 0 Å². The summed E-state index contributed by atoms with van der Waals surface area (Å²) in [6.45, 7) is 0.647. The monoisotopic (exact) mass is 451 g/mol. The molecule has 4 rings (SSSR count). The van der Waals surface area contributed by atoms with E-state index in [4.69, 9.17) is 4.74 Å². The predicted molar refractivity (Wildman–Crippen MR) is 121 cm³/mol. The molecule has 0 radical (unpaired) electrons. The summed E-state index contributed by atoms with van der Waals surface area (Å²) in [7, 11) is 1.57. The number of carbonyl (C=O) groups excluding carboxylic acids is 3. The molecule has 3 atom stereocenters. The third-order valence-electron chi connectivity index (χ3n) is 6.37. The van der Waals surface area contributed by atoms with Gasteiger partial charge in [-0.05, 0) is 49.8 Å². The van der Waals surface area contributed by atoms with Gasteiger partial charge in [-0.2, -0.15) is 5.26 Å². The fourth-order valence-electron chi connectivity index (χ4n) is 4.34. The Kier molecular flexibility index (Phi) is 6.82. The number of amides is 3. The van der Waals surface area contributed by atoms with Crippen LogP contribution in [0.25, 0.3) is 10.9 Å². The lowest BCUT2D eigenvalue weighted by Crippen LogP contribution is -2.50. The van der Waals surface area contributed by atoms with Gasteiger partial charge in [0.2, 0.25) is 11.8 Å². The highest BCUT2D eigenvalue weighted by Gasteiger charge is 2.33. The zero-order valence-electron chi connectivity index (χ0n) is 18.6. The molecular formula is C24H29N5O4. The van der Waals surface area contributed by atoms with E-state index in [1.807, 2.05) is 18.2 Å². The SMILES string of the molecule is COc1cccc2[nH]c(C(=O)NC(CC3CC3)C(=O)NC(C#N)CC3CCCNC3=O)cc12. The zero-order chi connectivity index (χ0) is 23.4.